The Labute approximate surface area is 154 Å². The van der Waals surface area contributed by atoms with Crippen LogP contribution in [0.25, 0.3) is 0 Å². The Morgan fingerprint density at radius 1 is 0.333 bits per heavy atom. The van der Waals surface area contributed by atoms with E-state index in [9.17, 15) is 0 Å². The minimum absolute atomic E-state index is 0. The zero-order valence-corrected chi connectivity index (χ0v) is 13.5. The molecule has 0 aromatic rings. The third-order valence-corrected chi connectivity index (χ3v) is 0. The van der Waals surface area contributed by atoms with E-state index < -0.39 is 0 Å². The first-order valence-electron chi connectivity index (χ1n) is 0. The summed E-state index contributed by atoms with van der Waals surface area (Å²) in [5.41, 5.74) is 0. The van der Waals surface area contributed by atoms with Gasteiger partial charge in [-0.2, -0.15) is 0 Å². The summed E-state index contributed by atoms with van der Waals surface area (Å²) in [6.07, 6.45) is 0. The van der Waals surface area contributed by atoms with Crippen molar-refractivity contribution in [3.63, 3.8) is 0 Å². The zero-order valence-electron chi connectivity index (χ0n) is 4.07. The van der Waals surface area contributed by atoms with Gasteiger partial charge in [0.05, 0.1) is 0 Å². The minimum Gasteiger partial charge on any atom is -2.00 e. The van der Waals surface area contributed by atoms with Gasteiger partial charge in [0.2, 0.25) is 0 Å². The third-order valence-electron chi connectivity index (χ3n) is 0. The topological polar surface area (TPSA) is 176 Å². The molecule has 0 saturated carbocycles. The molecular formula is H3Ce3O6. The van der Waals surface area contributed by atoms with Crippen LogP contribution in [-0.2, 0) is 16.4 Å². The van der Waals surface area contributed by atoms with Gasteiger partial charge in [0, 0.05) is 0 Å². The Balaban J connectivity index is 0. The molecule has 0 saturated heterocycles. The van der Waals surface area contributed by atoms with Crippen molar-refractivity contribution in [2.75, 3.05) is 0 Å². The van der Waals surface area contributed by atoms with Crippen LogP contribution in [0.1, 0.15) is 0 Å². The predicted molar refractivity (Wildman–Crippen MR) is 7.87 cm³/mol. The molecule has 3 N–H and O–H groups in total. The summed E-state index contributed by atoms with van der Waals surface area (Å²) in [7, 11) is 0. The first kappa shape index (κ1) is 120. The molecule has 6 nitrogen and oxygen atoms in total. The second-order valence-corrected chi connectivity index (χ2v) is 0. The molecule has 0 aliphatic rings. The molecule has 0 atom stereocenters. The molecule has 3 radical (unpaired) electrons. The smallest absolute Gasteiger partial charge is 2.00 e. The summed E-state index contributed by atoms with van der Waals surface area (Å²) in [5, 5.41) is 0. The summed E-state index contributed by atoms with van der Waals surface area (Å²) < 4.78 is 0. The van der Waals surface area contributed by atoms with E-state index in [0.717, 1.165) is 0 Å². The predicted octanol–water partition coefficient (Wildman–Crippen LogP) is -0.887. The molecule has 0 aromatic carbocycles. The summed E-state index contributed by atoms with van der Waals surface area (Å²) in [4.78, 5) is 0. The molecule has 0 rings (SSSR count). The van der Waals surface area contributed by atoms with Gasteiger partial charge in [-0.1, -0.05) is 0 Å². The standard InChI is InChI=1S/3Ce.3H2O.3O/h;;;3*1H2;;;/q3*+3;;;;3*-2/p-3. The van der Waals surface area contributed by atoms with E-state index in [1.165, 1.54) is 0 Å². The fourth-order valence-corrected chi connectivity index (χ4v) is 0. The van der Waals surface area contributed by atoms with Crippen LogP contribution in [0, 0.1) is 125 Å². The molecule has 0 amide bonds. The van der Waals surface area contributed by atoms with Gasteiger partial charge in [0.1, 0.15) is 0 Å². The Morgan fingerprint density at radius 2 is 0.333 bits per heavy atom. The molecule has 0 aromatic heterocycles. The Kier molecular flexibility index (Phi) is 1250. The maximum Gasteiger partial charge on any atom is 3.00 e. The Morgan fingerprint density at radius 3 is 0.333 bits per heavy atom. The molecule has 51 valence electrons. The van der Waals surface area contributed by atoms with Gasteiger partial charge < -0.3 is 32.9 Å². The first-order chi connectivity index (χ1) is 0. The van der Waals surface area contributed by atoms with Crippen molar-refractivity contribution < 1.29 is 158 Å². The van der Waals surface area contributed by atoms with E-state index in [2.05, 4.69) is 0 Å². The fraction of sp³-hybridized carbons (Fsp3) is 0. The van der Waals surface area contributed by atoms with Crippen molar-refractivity contribution in [1.29, 1.82) is 0 Å². The van der Waals surface area contributed by atoms with Crippen molar-refractivity contribution >= 4 is 0 Å². The summed E-state index contributed by atoms with van der Waals surface area (Å²) in [6, 6.07) is 0. The minimum atomic E-state index is 0. The van der Waals surface area contributed by atoms with Gasteiger partial charge in [-0.3, -0.25) is 0 Å². The van der Waals surface area contributed by atoms with Crippen LogP contribution >= 0.6 is 0 Å². The summed E-state index contributed by atoms with van der Waals surface area (Å²) >= 11 is 0. The van der Waals surface area contributed by atoms with Crippen molar-refractivity contribution in [2.45, 2.75) is 0 Å². The third kappa shape index (κ3) is 76.9. The number of hydrogen-bond donors (Lipinski definition) is 0. The summed E-state index contributed by atoms with van der Waals surface area (Å²) in [5.74, 6) is 0. The van der Waals surface area contributed by atoms with Crippen molar-refractivity contribution in [2.24, 2.45) is 0 Å². The van der Waals surface area contributed by atoms with Crippen LogP contribution in [0.2, 0.25) is 0 Å². The van der Waals surface area contributed by atoms with Crippen molar-refractivity contribution in [1.82, 2.24) is 0 Å². The fourth-order valence-electron chi connectivity index (χ4n) is 0. The molecule has 9 heavy (non-hydrogen) atoms. The molecule has 0 bridgehead atoms. The second kappa shape index (κ2) is 93.2. The van der Waals surface area contributed by atoms with Crippen LogP contribution in [0.5, 0.6) is 0 Å². The zero-order chi connectivity index (χ0) is 0. The van der Waals surface area contributed by atoms with E-state index in [1.54, 1.807) is 0 Å². The average molecular weight is 519 g/mol. The van der Waals surface area contributed by atoms with E-state index in [-0.39, 0.29) is 158 Å². The Bertz CT molecular complexity index is 8.26. The van der Waals surface area contributed by atoms with Crippen LogP contribution in [0.15, 0.2) is 0 Å². The number of rotatable bonds is 0. The van der Waals surface area contributed by atoms with E-state index >= 15 is 0 Å². The molecule has 9 heteroatoms. The maximum absolute atomic E-state index is 0. The van der Waals surface area contributed by atoms with Gasteiger partial charge in [-0.15, -0.1) is 0 Å². The number of hydrogen-bond acceptors (Lipinski definition) is 3. The molecule has 0 unspecified atom stereocenters. The molecule has 0 heterocycles. The van der Waals surface area contributed by atoms with Gasteiger partial charge in [-0.25, -0.2) is 0 Å². The van der Waals surface area contributed by atoms with E-state index in [1.807, 2.05) is 0 Å². The van der Waals surface area contributed by atoms with Crippen molar-refractivity contribution in [3.8, 4) is 0 Å². The summed E-state index contributed by atoms with van der Waals surface area (Å²) in [6.45, 7) is 0. The SMILES string of the molecule is [Ce+3].[Ce+3].[Ce+3].[O-2].[O-2].[O-2].[OH-].[OH-].[OH-]. The molecular weight excluding hydrogens is 516 g/mol. The normalized spacial score (nSPS) is 0. The largest absolute Gasteiger partial charge is 3.00 e. The molecule has 0 spiro atoms. The monoisotopic (exact) mass is 519 g/mol. The van der Waals surface area contributed by atoms with Crippen molar-refractivity contribution in [3.05, 3.63) is 0 Å². The first-order valence-corrected chi connectivity index (χ1v) is 0. The van der Waals surface area contributed by atoms with Gasteiger partial charge in [0.25, 0.3) is 0 Å². The Hall–Kier alpha value is 3.89. The van der Waals surface area contributed by atoms with Crippen LogP contribution in [0.4, 0.5) is 0 Å². The van der Waals surface area contributed by atoms with Crippen LogP contribution < -0.4 is 0 Å². The quantitative estimate of drug-likeness (QED) is 0.404. The van der Waals surface area contributed by atoms with Gasteiger partial charge in [0.15, 0.2) is 0 Å². The maximum atomic E-state index is 0. The van der Waals surface area contributed by atoms with E-state index in [0.29, 0.717) is 0 Å². The average Bonchev–Trinajstić information content (AvgIpc) is 0. The van der Waals surface area contributed by atoms with Gasteiger partial charge >= 0.3 is 125 Å². The van der Waals surface area contributed by atoms with Crippen LogP contribution in [0.3, 0.4) is 0 Å². The molecule has 0 aliphatic heterocycles. The van der Waals surface area contributed by atoms with Crippen LogP contribution in [-0.4, -0.2) is 16.4 Å². The van der Waals surface area contributed by atoms with E-state index in [4.69, 9.17) is 0 Å². The molecule has 0 aliphatic carbocycles. The van der Waals surface area contributed by atoms with Gasteiger partial charge in [-0.05, 0) is 0 Å². The molecule has 0 fully saturated rings. The second-order valence-electron chi connectivity index (χ2n) is 0.